The van der Waals surface area contributed by atoms with E-state index < -0.39 is 17.7 Å². The van der Waals surface area contributed by atoms with Crippen molar-refractivity contribution in [3.05, 3.63) is 0 Å². The molecular weight excluding hydrogens is 208 g/mol. The summed E-state index contributed by atoms with van der Waals surface area (Å²) in [5, 5.41) is 9.98. The second-order valence-electron chi connectivity index (χ2n) is 5.21. The van der Waals surface area contributed by atoms with Crippen LogP contribution in [0.3, 0.4) is 0 Å². The molecule has 0 unspecified atom stereocenters. The minimum absolute atomic E-state index is 0.173. The summed E-state index contributed by atoms with van der Waals surface area (Å²) in [6.45, 7) is 5.93. The van der Waals surface area contributed by atoms with Gasteiger partial charge in [-0.3, -0.25) is 4.79 Å². The smallest absolute Gasteiger partial charge is 0.371 e. The number of carbonyl (C=O) groups is 2. The highest BCUT2D eigenvalue weighted by atomic mass is 16.6. The van der Waals surface area contributed by atoms with E-state index in [1.807, 2.05) is 0 Å². The number of aliphatic hydroxyl groups is 1. The van der Waals surface area contributed by atoms with E-state index in [0.29, 0.717) is 18.8 Å². The molecule has 0 heterocycles. The van der Waals surface area contributed by atoms with Gasteiger partial charge in [0.25, 0.3) is 0 Å². The largest absolute Gasteiger partial charge is 0.454 e. The topological polar surface area (TPSA) is 63.6 Å². The number of aliphatic hydroxyl groups excluding tert-OH is 1. The third kappa shape index (κ3) is 3.04. The first kappa shape index (κ1) is 13.2. The Bertz CT molecular complexity index is 274. The molecule has 1 aliphatic rings. The van der Waals surface area contributed by atoms with Crippen molar-refractivity contribution in [2.45, 2.75) is 51.7 Å². The lowest BCUT2D eigenvalue weighted by atomic mass is 9.73. The number of ether oxygens (including phenoxy) is 1. The molecule has 4 heteroatoms. The van der Waals surface area contributed by atoms with Gasteiger partial charge in [-0.05, 0) is 31.6 Å². The first-order valence-electron chi connectivity index (χ1n) is 5.74. The summed E-state index contributed by atoms with van der Waals surface area (Å²) < 4.78 is 5.06. The Morgan fingerprint density at radius 1 is 1.56 bits per heavy atom. The molecule has 16 heavy (non-hydrogen) atoms. The molecule has 1 rings (SSSR count). The molecule has 4 nitrogen and oxygen atoms in total. The van der Waals surface area contributed by atoms with Crippen LogP contribution in [0.2, 0.25) is 0 Å². The number of hydrogen-bond acceptors (Lipinski definition) is 4. The summed E-state index contributed by atoms with van der Waals surface area (Å²) in [6, 6.07) is 0. The van der Waals surface area contributed by atoms with Crippen molar-refractivity contribution in [2.24, 2.45) is 11.8 Å². The zero-order valence-corrected chi connectivity index (χ0v) is 10.1. The summed E-state index contributed by atoms with van der Waals surface area (Å²) >= 11 is 0. The van der Waals surface area contributed by atoms with E-state index >= 15 is 0 Å². The minimum atomic E-state index is -0.849. The first-order valence-corrected chi connectivity index (χ1v) is 5.74. The van der Waals surface area contributed by atoms with E-state index in [9.17, 15) is 14.7 Å². The molecule has 1 saturated carbocycles. The highest BCUT2D eigenvalue weighted by Crippen LogP contribution is 2.37. The molecule has 0 saturated heterocycles. The fourth-order valence-electron chi connectivity index (χ4n) is 2.50. The highest BCUT2D eigenvalue weighted by molar-refractivity contribution is 6.20. The molecule has 0 amide bonds. The van der Waals surface area contributed by atoms with Gasteiger partial charge in [-0.15, -0.1) is 0 Å². The molecular formula is C12H20O4. The lowest BCUT2D eigenvalue weighted by Gasteiger charge is -2.41. The van der Waals surface area contributed by atoms with E-state index in [-0.39, 0.29) is 12.2 Å². The van der Waals surface area contributed by atoms with Gasteiger partial charge in [0, 0.05) is 6.42 Å². The molecule has 1 N–H and O–H groups in total. The quantitative estimate of drug-likeness (QED) is 0.449. The van der Waals surface area contributed by atoms with Crippen LogP contribution in [0.1, 0.15) is 40.0 Å². The third-order valence-electron chi connectivity index (χ3n) is 3.44. The molecule has 0 radical (unpaired) electrons. The first-order chi connectivity index (χ1) is 7.38. The SMILES string of the molecule is CC(C)[C@H]1CC[C@@](C)(OC(=O)C=O)C[C@@H]1O. The van der Waals surface area contributed by atoms with Crippen molar-refractivity contribution < 1.29 is 19.4 Å². The van der Waals surface area contributed by atoms with Gasteiger partial charge in [-0.1, -0.05) is 13.8 Å². The molecule has 3 atom stereocenters. The van der Waals surface area contributed by atoms with Crippen LogP contribution >= 0.6 is 0 Å². The van der Waals surface area contributed by atoms with Crippen LogP contribution in [0.25, 0.3) is 0 Å². The molecule has 0 spiro atoms. The molecule has 92 valence electrons. The van der Waals surface area contributed by atoms with Gasteiger partial charge < -0.3 is 9.84 Å². The van der Waals surface area contributed by atoms with Crippen molar-refractivity contribution in [1.82, 2.24) is 0 Å². The lowest BCUT2D eigenvalue weighted by molar-refractivity contribution is -0.169. The Balaban J connectivity index is 2.61. The summed E-state index contributed by atoms with van der Waals surface area (Å²) in [7, 11) is 0. The summed E-state index contributed by atoms with van der Waals surface area (Å²) in [5.74, 6) is -0.179. The minimum Gasteiger partial charge on any atom is -0.454 e. The van der Waals surface area contributed by atoms with E-state index in [1.165, 1.54) is 0 Å². The van der Waals surface area contributed by atoms with Gasteiger partial charge in [-0.2, -0.15) is 0 Å². The normalized spacial score (nSPS) is 34.8. The van der Waals surface area contributed by atoms with Crippen molar-refractivity contribution in [1.29, 1.82) is 0 Å². The molecule has 0 aliphatic heterocycles. The number of rotatable bonds is 3. The number of aldehydes is 1. The van der Waals surface area contributed by atoms with Crippen LogP contribution in [-0.4, -0.2) is 29.1 Å². The third-order valence-corrected chi connectivity index (χ3v) is 3.44. The maximum Gasteiger partial charge on any atom is 0.371 e. The lowest BCUT2D eigenvalue weighted by Crippen LogP contribution is -2.44. The Labute approximate surface area is 96.0 Å². The van der Waals surface area contributed by atoms with Gasteiger partial charge in [0.15, 0.2) is 0 Å². The zero-order chi connectivity index (χ0) is 12.3. The van der Waals surface area contributed by atoms with E-state index in [1.54, 1.807) is 6.92 Å². The van der Waals surface area contributed by atoms with Gasteiger partial charge in [0.05, 0.1) is 6.10 Å². The second kappa shape index (κ2) is 4.95. The average Bonchev–Trinajstić information content (AvgIpc) is 2.16. The van der Waals surface area contributed by atoms with E-state index in [2.05, 4.69) is 13.8 Å². The zero-order valence-electron chi connectivity index (χ0n) is 10.1. The summed E-state index contributed by atoms with van der Waals surface area (Å²) in [6.07, 6.45) is 1.65. The Morgan fingerprint density at radius 2 is 2.19 bits per heavy atom. The van der Waals surface area contributed by atoms with Gasteiger partial charge in [0.2, 0.25) is 6.29 Å². The predicted octanol–water partition coefficient (Wildman–Crippen LogP) is 1.30. The molecule has 1 aliphatic carbocycles. The molecule has 1 fully saturated rings. The Hall–Kier alpha value is -0.900. The van der Waals surface area contributed by atoms with Crippen LogP contribution in [0.4, 0.5) is 0 Å². The van der Waals surface area contributed by atoms with Gasteiger partial charge >= 0.3 is 5.97 Å². The van der Waals surface area contributed by atoms with Crippen LogP contribution in [0.15, 0.2) is 0 Å². The summed E-state index contributed by atoms with van der Waals surface area (Å²) in [4.78, 5) is 21.2. The number of hydrogen-bond donors (Lipinski definition) is 1. The fourth-order valence-corrected chi connectivity index (χ4v) is 2.50. The molecule has 0 bridgehead atoms. The second-order valence-corrected chi connectivity index (χ2v) is 5.21. The fraction of sp³-hybridized carbons (Fsp3) is 0.833. The van der Waals surface area contributed by atoms with Crippen molar-refractivity contribution in [3.63, 3.8) is 0 Å². The van der Waals surface area contributed by atoms with E-state index in [4.69, 9.17) is 4.74 Å². The monoisotopic (exact) mass is 228 g/mol. The van der Waals surface area contributed by atoms with Crippen molar-refractivity contribution in [3.8, 4) is 0 Å². The van der Waals surface area contributed by atoms with Gasteiger partial charge in [-0.25, -0.2) is 4.79 Å². The summed E-state index contributed by atoms with van der Waals surface area (Å²) in [5.41, 5.74) is -0.692. The van der Waals surface area contributed by atoms with Crippen molar-refractivity contribution >= 4 is 12.3 Å². The standard InChI is InChI=1S/C12H20O4/c1-8(2)9-4-5-12(3,6-10(9)14)16-11(15)7-13/h7-10,14H,4-6H2,1-3H3/t9-,10+,12-/m1/s1. The Kier molecular flexibility index (Phi) is 4.08. The number of carbonyl (C=O) groups excluding carboxylic acids is 2. The van der Waals surface area contributed by atoms with Crippen LogP contribution in [0, 0.1) is 11.8 Å². The van der Waals surface area contributed by atoms with Crippen molar-refractivity contribution in [2.75, 3.05) is 0 Å². The maximum absolute atomic E-state index is 10.9. The molecule has 0 aromatic heterocycles. The highest BCUT2D eigenvalue weighted by Gasteiger charge is 2.40. The van der Waals surface area contributed by atoms with Gasteiger partial charge in [0.1, 0.15) is 5.60 Å². The van der Waals surface area contributed by atoms with Crippen LogP contribution in [-0.2, 0) is 14.3 Å². The predicted molar refractivity (Wildman–Crippen MR) is 58.7 cm³/mol. The average molecular weight is 228 g/mol. The number of esters is 1. The molecule has 0 aromatic carbocycles. The molecule has 0 aromatic rings. The maximum atomic E-state index is 10.9. The van der Waals surface area contributed by atoms with Crippen LogP contribution < -0.4 is 0 Å². The van der Waals surface area contributed by atoms with Crippen LogP contribution in [0.5, 0.6) is 0 Å². The van der Waals surface area contributed by atoms with E-state index in [0.717, 1.165) is 6.42 Å². The Morgan fingerprint density at radius 3 is 2.62 bits per heavy atom.